The minimum atomic E-state index is 0. The Hall–Kier alpha value is -0.0400. The maximum atomic E-state index is 6.09. The largest absolute Gasteiger partial charge is 0.370 e. The molecule has 22 heavy (non-hydrogen) atoms. The monoisotopic (exact) mass is 422 g/mol. The van der Waals surface area contributed by atoms with Crippen molar-refractivity contribution in [1.29, 1.82) is 0 Å². The lowest BCUT2D eigenvalue weighted by Gasteiger charge is -2.42. The Bertz CT molecular complexity index is 351. The van der Waals surface area contributed by atoms with Crippen LogP contribution in [-0.4, -0.2) is 42.1 Å². The van der Waals surface area contributed by atoms with Gasteiger partial charge in [0, 0.05) is 18.1 Å². The molecule has 3 N–H and O–H groups in total. The van der Waals surface area contributed by atoms with E-state index >= 15 is 0 Å². The second kappa shape index (κ2) is 9.30. The zero-order chi connectivity index (χ0) is 15.3. The van der Waals surface area contributed by atoms with Gasteiger partial charge in [0.25, 0.3) is 0 Å². The van der Waals surface area contributed by atoms with E-state index in [-0.39, 0.29) is 29.5 Å². The van der Waals surface area contributed by atoms with Gasteiger partial charge in [0.1, 0.15) is 0 Å². The van der Waals surface area contributed by atoms with Crippen LogP contribution in [0.5, 0.6) is 0 Å². The molecule has 4 nitrogen and oxygen atoms in total. The lowest BCUT2D eigenvalue weighted by molar-refractivity contribution is 0.0774. The number of nitrogens with zero attached hydrogens (tertiary/aromatic N) is 2. The first kappa shape index (κ1) is 20.0. The van der Waals surface area contributed by atoms with Crippen molar-refractivity contribution < 1.29 is 0 Å². The average molecular weight is 422 g/mol. The highest BCUT2D eigenvalue weighted by Gasteiger charge is 2.30. The van der Waals surface area contributed by atoms with Crippen molar-refractivity contribution in [2.45, 2.75) is 77.3 Å². The minimum Gasteiger partial charge on any atom is -0.370 e. The van der Waals surface area contributed by atoms with E-state index in [2.05, 4.69) is 36.0 Å². The van der Waals surface area contributed by atoms with Crippen LogP contribution in [0.2, 0.25) is 0 Å². The predicted molar refractivity (Wildman–Crippen MR) is 106 cm³/mol. The molecule has 1 saturated carbocycles. The van der Waals surface area contributed by atoms with E-state index in [0.717, 1.165) is 12.5 Å². The summed E-state index contributed by atoms with van der Waals surface area (Å²) in [6, 6.07) is 0.542. The Kier molecular flexibility index (Phi) is 8.46. The van der Waals surface area contributed by atoms with Crippen LogP contribution in [0.3, 0.4) is 0 Å². The molecular formula is C17H35IN4. The fourth-order valence-electron chi connectivity index (χ4n) is 3.62. The average Bonchev–Trinajstić information content (AvgIpc) is 2.46. The van der Waals surface area contributed by atoms with E-state index < -0.39 is 0 Å². The van der Waals surface area contributed by atoms with Gasteiger partial charge in [-0.2, -0.15) is 0 Å². The summed E-state index contributed by atoms with van der Waals surface area (Å²) in [5.41, 5.74) is 6.19. The van der Waals surface area contributed by atoms with Crippen LogP contribution in [0.25, 0.3) is 0 Å². The van der Waals surface area contributed by atoms with E-state index in [4.69, 9.17) is 5.73 Å². The van der Waals surface area contributed by atoms with Crippen molar-refractivity contribution in [1.82, 2.24) is 10.2 Å². The molecule has 0 amide bonds. The van der Waals surface area contributed by atoms with Gasteiger partial charge in [0.2, 0.25) is 0 Å². The van der Waals surface area contributed by atoms with Crippen molar-refractivity contribution in [3.8, 4) is 0 Å². The Morgan fingerprint density at radius 2 is 1.86 bits per heavy atom. The van der Waals surface area contributed by atoms with Crippen LogP contribution in [0, 0.1) is 5.92 Å². The highest BCUT2D eigenvalue weighted by atomic mass is 127. The van der Waals surface area contributed by atoms with Crippen LogP contribution in [-0.2, 0) is 0 Å². The fraction of sp³-hybridized carbons (Fsp3) is 0.941. The molecule has 2 aliphatic rings. The molecule has 2 rings (SSSR count). The van der Waals surface area contributed by atoms with Gasteiger partial charge >= 0.3 is 0 Å². The Balaban J connectivity index is 0.00000242. The lowest BCUT2D eigenvalue weighted by Crippen LogP contribution is -2.51. The molecular weight excluding hydrogens is 387 g/mol. The Morgan fingerprint density at radius 3 is 2.50 bits per heavy atom. The third-order valence-corrected chi connectivity index (χ3v) is 5.11. The zero-order valence-corrected chi connectivity index (χ0v) is 16.9. The number of nitrogens with one attached hydrogen (secondary N) is 1. The SMILES string of the molecule is CC1CCCN(C(C)(C)CN=C(N)NC2CCCCC2)C1.I. The van der Waals surface area contributed by atoms with Gasteiger partial charge in [-0.15, -0.1) is 24.0 Å². The summed E-state index contributed by atoms with van der Waals surface area (Å²) < 4.78 is 0. The van der Waals surface area contributed by atoms with Gasteiger partial charge in [0.05, 0.1) is 6.54 Å². The molecule has 1 atom stereocenters. The van der Waals surface area contributed by atoms with Crippen molar-refractivity contribution in [3.05, 3.63) is 0 Å². The van der Waals surface area contributed by atoms with E-state index in [9.17, 15) is 0 Å². The molecule has 130 valence electrons. The fourth-order valence-corrected chi connectivity index (χ4v) is 3.62. The number of guanidine groups is 1. The second-order valence-corrected chi connectivity index (χ2v) is 7.69. The summed E-state index contributed by atoms with van der Waals surface area (Å²) in [7, 11) is 0. The molecule has 1 saturated heterocycles. The molecule has 1 aliphatic carbocycles. The summed E-state index contributed by atoms with van der Waals surface area (Å²) >= 11 is 0. The third-order valence-electron chi connectivity index (χ3n) is 5.11. The van der Waals surface area contributed by atoms with Crippen molar-refractivity contribution >= 4 is 29.9 Å². The van der Waals surface area contributed by atoms with Crippen LogP contribution >= 0.6 is 24.0 Å². The lowest BCUT2D eigenvalue weighted by atomic mass is 9.93. The highest BCUT2D eigenvalue weighted by molar-refractivity contribution is 14.0. The number of piperidine rings is 1. The highest BCUT2D eigenvalue weighted by Crippen LogP contribution is 2.24. The molecule has 0 aromatic heterocycles. The molecule has 5 heteroatoms. The van der Waals surface area contributed by atoms with Gasteiger partial charge < -0.3 is 11.1 Å². The number of hydrogen-bond acceptors (Lipinski definition) is 2. The number of rotatable bonds is 4. The molecule has 2 fully saturated rings. The van der Waals surface area contributed by atoms with Crippen LogP contribution < -0.4 is 11.1 Å². The van der Waals surface area contributed by atoms with Crippen LogP contribution in [0.15, 0.2) is 4.99 Å². The van der Waals surface area contributed by atoms with Crippen molar-refractivity contribution in [3.63, 3.8) is 0 Å². The summed E-state index contributed by atoms with van der Waals surface area (Å²) in [6.45, 7) is 10.1. The van der Waals surface area contributed by atoms with Gasteiger partial charge in [0.15, 0.2) is 5.96 Å². The number of hydrogen-bond donors (Lipinski definition) is 2. The van der Waals surface area contributed by atoms with Crippen molar-refractivity contribution in [2.24, 2.45) is 16.6 Å². The summed E-state index contributed by atoms with van der Waals surface area (Å²) in [4.78, 5) is 7.21. The Morgan fingerprint density at radius 1 is 1.18 bits per heavy atom. The molecule has 0 aromatic carbocycles. The van der Waals surface area contributed by atoms with E-state index in [1.807, 2.05) is 0 Å². The van der Waals surface area contributed by atoms with E-state index in [0.29, 0.717) is 12.0 Å². The first-order valence-electron chi connectivity index (χ1n) is 8.79. The zero-order valence-electron chi connectivity index (χ0n) is 14.6. The summed E-state index contributed by atoms with van der Waals surface area (Å²) in [5.74, 6) is 1.44. The predicted octanol–water partition coefficient (Wildman–Crippen LogP) is 3.35. The number of likely N-dealkylation sites (tertiary alicyclic amines) is 1. The first-order chi connectivity index (χ1) is 9.97. The molecule has 0 aromatic rings. The quantitative estimate of drug-likeness (QED) is 0.415. The topological polar surface area (TPSA) is 53.6 Å². The maximum Gasteiger partial charge on any atom is 0.188 e. The van der Waals surface area contributed by atoms with Gasteiger partial charge in [-0.25, -0.2) is 0 Å². The van der Waals surface area contributed by atoms with E-state index in [1.54, 1.807) is 0 Å². The molecule has 1 heterocycles. The second-order valence-electron chi connectivity index (χ2n) is 7.69. The molecule has 0 spiro atoms. The molecule has 0 bridgehead atoms. The Labute approximate surface area is 153 Å². The molecule has 1 unspecified atom stereocenters. The summed E-state index contributed by atoms with van der Waals surface area (Å²) in [5, 5.41) is 3.41. The number of nitrogens with two attached hydrogens (primary N) is 1. The van der Waals surface area contributed by atoms with Crippen LogP contribution in [0.4, 0.5) is 0 Å². The van der Waals surface area contributed by atoms with Crippen molar-refractivity contribution in [2.75, 3.05) is 19.6 Å². The number of aliphatic imine (C=N–C) groups is 1. The number of halogens is 1. The standard InChI is InChI=1S/C17H34N4.HI/c1-14-8-7-11-21(12-14)17(2,3)13-19-16(18)20-15-9-5-4-6-10-15;/h14-15H,4-13H2,1-3H3,(H3,18,19,20);1H. The van der Waals surface area contributed by atoms with Gasteiger partial charge in [-0.3, -0.25) is 9.89 Å². The summed E-state index contributed by atoms with van der Waals surface area (Å²) in [6.07, 6.45) is 9.16. The van der Waals surface area contributed by atoms with Crippen LogP contribution in [0.1, 0.15) is 65.7 Å². The molecule has 0 radical (unpaired) electrons. The van der Waals surface area contributed by atoms with Gasteiger partial charge in [-0.1, -0.05) is 26.2 Å². The smallest absolute Gasteiger partial charge is 0.188 e. The first-order valence-corrected chi connectivity index (χ1v) is 8.79. The van der Waals surface area contributed by atoms with Gasteiger partial charge in [-0.05, 0) is 52.0 Å². The normalized spacial score (nSPS) is 25.6. The maximum absolute atomic E-state index is 6.09. The molecule has 1 aliphatic heterocycles. The van der Waals surface area contributed by atoms with E-state index in [1.165, 1.54) is 58.0 Å². The minimum absolute atomic E-state index is 0. The third kappa shape index (κ3) is 6.22.